The van der Waals surface area contributed by atoms with E-state index in [1.54, 1.807) is 12.1 Å². The highest BCUT2D eigenvalue weighted by Crippen LogP contribution is 2.02. The van der Waals surface area contributed by atoms with Gasteiger partial charge in [-0.3, -0.25) is 4.79 Å². The molecule has 0 aliphatic heterocycles. The van der Waals surface area contributed by atoms with E-state index >= 15 is 0 Å². The maximum atomic E-state index is 11.4. The van der Waals surface area contributed by atoms with Crippen LogP contribution in [0, 0.1) is 0 Å². The van der Waals surface area contributed by atoms with Gasteiger partial charge in [0.2, 0.25) is 0 Å². The molecular formula is C13H15NO5. The summed E-state index contributed by atoms with van der Waals surface area (Å²) in [6, 6.07) is 8.32. The lowest BCUT2D eigenvalue weighted by atomic mass is 10.1. The third-order valence-corrected chi connectivity index (χ3v) is 2.34. The van der Waals surface area contributed by atoms with Crippen molar-refractivity contribution in [3.8, 4) is 0 Å². The predicted octanol–water partition coefficient (Wildman–Crippen LogP) is 1.35. The number of carbonyl (C=O) groups excluding carboxylic acids is 2. The second-order valence-corrected chi connectivity index (χ2v) is 3.90. The zero-order valence-electron chi connectivity index (χ0n) is 10.2. The van der Waals surface area contributed by atoms with Gasteiger partial charge in [-0.05, 0) is 5.56 Å². The van der Waals surface area contributed by atoms with Crippen LogP contribution in [0.25, 0.3) is 0 Å². The number of hydrogen-bond acceptors (Lipinski definition) is 4. The van der Waals surface area contributed by atoms with Crippen LogP contribution >= 0.6 is 0 Å². The predicted molar refractivity (Wildman–Crippen MR) is 66.5 cm³/mol. The first-order valence-corrected chi connectivity index (χ1v) is 5.74. The van der Waals surface area contributed by atoms with Crippen molar-refractivity contribution >= 4 is 18.3 Å². The molecule has 0 heterocycles. The van der Waals surface area contributed by atoms with E-state index in [9.17, 15) is 14.4 Å². The van der Waals surface area contributed by atoms with Crippen LogP contribution in [0.4, 0.5) is 4.79 Å². The van der Waals surface area contributed by atoms with Crippen molar-refractivity contribution in [2.75, 3.05) is 0 Å². The minimum atomic E-state index is -1.09. The molecular weight excluding hydrogens is 250 g/mol. The Balaban J connectivity index is 2.39. The number of aliphatic carboxylic acids is 1. The third kappa shape index (κ3) is 6.21. The normalized spacial score (nSPS) is 11.4. The number of amides is 1. The highest BCUT2D eigenvalue weighted by Gasteiger charge is 2.16. The molecule has 102 valence electrons. The molecule has 19 heavy (non-hydrogen) atoms. The molecule has 2 N–H and O–H groups in total. The van der Waals surface area contributed by atoms with Crippen LogP contribution in [0.2, 0.25) is 0 Å². The van der Waals surface area contributed by atoms with E-state index in [0.29, 0.717) is 6.29 Å². The zero-order valence-corrected chi connectivity index (χ0v) is 10.2. The maximum Gasteiger partial charge on any atom is 0.407 e. The number of rotatable bonds is 7. The molecule has 0 saturated heterocycles. The Kier molecular flexibility index (Phi) is 6.08. The van der Waals surface area contributed by atoms with E-state index in [1.807, 2.05) is 18.2 Å². The number of aldehydes is 1. The first kappa shape index (κ1) is 14.7. The smallest absolute Gasteiger partial charge is 0.407 e. The van der Waals surface area contributed by atoms with Gasteiger partial charge in [-0.2, -0.15) is 0 Å². The van der Waals surface area contributed by atoms with E-state index in [-0.39, 0.29) is 19.4 Å². The van der Waals surface area contributed by atoms with E-state index < -0.39 is 18.1 Å². The summed E-state index contributed by atoms with van der Waals surface area (Å²) >= 11 is 0. The molecule has 1 aromatic carbocycles. The first-order chi connectivity index (χ1) is 9.11. The standard InChI is InChI=1S/C13H15NO5/c15-7-6-11(8-12(16)17)14-13(18)19-9-10-4-2-1-3-5-10/h1-5,7,11H,6,8-9H2,(H,14,18)(H,16,17). The van der Waals surface area contributed by atoms with E-state index in [2.05, 4.69) is 5.32 Å². The highest BCUT2D eigenvalue weighted by atomic mass is 16.5. The summed E-state index contributed by atoms with van der Waals surface area (Å²) in [6.07, 6.45) is -0.561. The van der Waals surface area contributed by atoms with Crippen molar-refractivity contribution in [2.24, 2.45) is 0 Å². The van der Waals surface area contributed by atoms with Crippen molar-refractivity contribution in [2.45, 2.75) is 25.5 Å². The number of nitrogens with one attached hydrogen (secondary N) is 1. The Labute approximate surface area is 110 Å². The molecule has 0 aliphatic rings. The number of ether oxygens (including phenoxy) is 1. The quantitative estimate of drug-likeness (QED) is 0.726. The number of carboxylic acid groups (broad SMARTS) is 1. The summed E-state index contributed by atoms with van der Waals surface area (Å²) in [4.78, 5) is 32.4. The topological polar surface area (TPSA) is 92.7 Å². The fourth-order valence-corrected chi connectivity index (χ4v) is 1.45. The largest absolute Gasteiger partial charge is 0.481 e. The van der Waals surface area contributed by atoms with Gasteiger partial charge in [0.15, 0.2) is 0 Å². The Hall–Kier alpha value is -2.37. The molecule has 1 rings (SSSR count). The third-order valence-electron chi connectivity index (χ3n) is 2.34. The van der Waals surface area contributed by atoms with Crippen LogP contribution in [0.3, 0.4) is 0 Å². The Morgan fingerprint density at radius 1 is 1.32 bits per heavy atom. The number of hydrogen-bond donors (Lipinski definition) is 2. The lowest BCUT2D eigenvalue weighted by Crippen LogP contribution is -2.37. The van der Waals surface area contributed by atoms with E-state index in [1.165, 1.54) is 0 Å². The molecule has 1 amide bonds. The van der Waals surface area contributed by atoms with Gasteiger partial charge in [-0.25, -0.2) is 4.79 Å². The zero-order chi connectivity index (χ0) is 14.1. The van der Waals surface area contributed by atoms with Gasteiger partial charge in [-0.1, -0.05) is 30.3 Å². The molecule has 6 nitrogen and oxygen atoms in total. The van der Waals surface area contributed by atoms with Gasteiger partial charge in [-0.15, -0.1) is 0 Å². The molecule has 0 bridgehead atoms. The molecule has 1 unspecified atom stereocenters. The lowest BCUT2D eigenvalue weighted by molar-refractivity contribution is -0.137. The number of carbonyl (C=O) groups is 3. The molecule has 0 saturated carbocycles. The van der Waals surface area contributed by atoms with Gasteiger partial charge in [0.1, 0.15) is 12.9 Å². The molecule has 6 heteroatoms. The Morgan fingerprint density at radius 3 is 2.58 bits per heavy atom. The van der Waals surface area contributed by atoms with Crippen molar-refractivity contribution in [1.82, 2.24) is 5.32 Å². The van der Waals surface area contributed by atoms with E-state index in [0.717, 1.165) is 5.56 Å². The summed E-state index contributed by atoms with van der Waals surface area (Å²) in [5, 5.41) is 11.0. The van der Waals surface area contributed by atoms with Crippen molar-refractivity contribution in [3.05, 3.63) is 35.9 Å². The van der Waals surface area contributed by atoms with Gasteiger partial charge < -0.3 is 20.0 Å². The Bertz CT molecular complexity index is 432. The minimum absolute atomic E-state index is 0.0628. The number of carboxylic acids is 1. The lowest BCUT2D eigenvalue weighted by Gasteiger charge is -2.14. The van der Waals surface area contributed by atoms with Crippen LogP contribution in [-0.4, -0.2) is 29.5 Å². The number of benzene rings is 1. The first-order valence-electron chi connectivity index (χ1n) is 5.74. The SMILES string of the molecule is O=CCC(CC(=O)O)NC(=O)OCc1ccccc1. The molecule has 0 radical (unpaired) electrons. The summed E-state index contributed by atoms with van der Waals surface area (Å²) < 4.78 is 4.93. The fraction of sp³-hybridized carbons (Fsp3) is 0.308. The van der Waals surface area contributed by atoms with Crippen LogP contribution in [0.15, 0.2) is 30.3 Å². The van der Waals surface area contributed by atoms with Gasteiger partial charge in [0, 0.05) is 12.5 Å². The van der Waals surface area contributed by atoms with E-state index in [4.69, 9.17) is 9.84 Å². The average Bonchev–Trinajstić information content (AvgIpc) is 2.37. The van der Waals surface area contributed by atoms with Gasteiger partial charge in [0.05, 0.1) is 6.42 Å². The van der Waals surface area contributed by atoms with Crippen molar-refractivity contribution in [1.29, 1.82) is 0 Å². The molecule has 1 aromatic rings. The molecule has 0 aromatic heterocycles. The summed E-state index contributed by atoms with van der Waals surface area (Å²) in [7, 11) is 0. The van der Waals surface area contributed by atoms with Crippen LogP contribution in [0.5, 0.6) is 0 Å². The molecule has 0 fully saturated rings. The summed E-state index contributed by atoms with van der Waals surface area (Å²) in [5.74, 6) is -1.09. The van der Waals surface area contributed by atoms with Crippen LogP contribution in [-0.2, 0) is 20.9 Å². The van der Waals surface area contributed by atoms with Gasteiger partial charge >= 0.3 is 12.1 Å². The fourth-order valence-electron chi connectivity index (χ4n) is 1.45. The average molecular weight is 265 g/mol. The number of alkyl carbamates (subject to hydrolysis) is 1. The summed E-state index contributed by atoms with van der Waals surface area (Å²) in [5.41, 5.74) is 0.822. The Morgan fingerprint density at radius 2 is 2.00 bits per heavy atom. The van der Waals surface area contributed by atoms with Crippen LogP contribution < -0.4 is 5.32 Å². The highest BCUT2D eigenvalue weighted by molar-refractivity contribution is 5.72. The minimum Gasteiger partial charge on any atom is -0.481 e. The monoisotopic (exact) mass is 265 g/mol. The van der Waals surface area contributed by atoms with Crippen molar-refractivity contribution < 1.29 is 24.2 Å². The second-order valence-electron chi connectivity index (χ2n) is 3.90. The van der Waals surface area contributed by atoms with Gasteiger partial charge in [0.25, 0.3) is 0 Å². The molecule has 1 atom stereocenters. The van der Waals surface area contributed by atoms with Crippen LogP contribution in [0.1, 0.15) is 18.4 Å². The summed E-state index contributed by atoms with van der Waals surface area (Å²) in [6.45, 7) is 0.0908. The second kappa shape index (κ2) is 7.86. The molecule has 0 spiro atoms. The molecule has 0 aliphatic carbocycles. The van der Waals surface area contributed by atoms with Crippen molar-refractivity contribution in [3.63, 3.8) is 0 Å². The maximum absolute atomic E-state index is 11.4.